The normalized spacial score (nSPS) is 15.8. The van der Waals surface area contributed by atoms with Gasteiger partial charge in [-0.2, -0.15) is 0 Å². The van der Waals surface area contributed by atoms with Gasteiger partial charge in [-0.3, -0.25) is 14.5 Å². The number of hydrogen-bond donors (Lipinski definition) is 3. The second kappa shape index (κ2) is 8.33. The van der Waals surface area contributed by atoms with E-state index in [-0.39, 0.29) is 21.5 Å². The number of sulfonamides is 1. The Bertz CT molecular complexity index is 1110. The molecule has 0 radical (unpaired) electrons. The molecule has 4 N–H and O–H groups in total. The summed E-state index contributed by atoms with van der Waals surface area (Å²) in [6.45, 7) is -0.283. The van der Waals surface area contributed by atoms with Crippen molar-refractivity contribution in [3.8, 4) is 5.75 Å². The molecular weight excluding hydrogens is 434 g/mol. The van der Waals surface area contributed by atoms with E-state index in [4.69, 9.17) is 17.4 Å². The van der Waals surface area contributed by atoms with Crippen LogP contribution in [-0.4, -0.2) is 41.1 Å². The molecule has 0 aromatic heterocycles. The average molecular weight is 450 g/mol. The molecule has 1 heterocycles. The second-order valence-corrected chi connectivity index (χ2v) is 9.21. The van der Waals surface area contributed by atoms with Gasteiger partial charge in [-0.05, 0) is 48.0 Å². The van der Waals surface area contributed by atoms with E-state index >= 15 is 0 Å². The number of nitrogens with one attached hydrogen (secondary N) is 1. The predicted molar refractivity (Wildman–Crippen MR) is 114 cm³/mol. The van der Waals surface area contributed by atoms with E-state index in [0.717, 1.165) is 11.8 Å². The summed E-state index contributed by atoms with van der Waals surface area (Å²) in [7, 11) is -3.82. The Morgan fingerprint density at radius 2 is 1.79 bits per heavy atom. The van der Waals surface area contributed by atoms with Crippen LogP contribution >= 0.6 is 24.0 Å². The number of nitrogens with two attached hydrogens (primary N) is 1. The molecule has 2 aromatic rings. The van der Waals surface area contributed by atoms with Crippen LogP contribution in [-0.2, 0) is 19.6 Å². The summed E-state index contributed by atoms with van der Waals surface area (Å²) in [6.07, 6.45) is 1.63. The summed E-state index contributed by atoms with van der Waals surface area (Å²) in [5.74, 6) is -0.771. The molecule has 1 aliphatic heterocycles. The van der Waals surface area contributed by atoms with Gasteiger partial charge in [-0.15, -0.1) is 0 Å². The Morgan fingerprint density at radius 1 is 1.17 bits per heavy atom. The molecule has 8 nitrogen and oxygen atoms in total. The third kappa shape index (κ3) is 5.21. The van der Waals surface area contributed by atoms with Crippen molar-refractivity contribution in [1.29, 1.82) is 0 Å². The SMILES string of the molecule is NS(=O)(=O)c1ccc(NC(=O)CN2C(=O)/C(=C/c3ccc(O)cc3)SC2=S)cc1. The molecule has 2 amide bonds. The molecule has 0 atom stereocenters. The van der Waals surface area contributed by atoms with Gasteiger partial charge in [-0.1, -0.05) is 36.1 Å². The molecule has 29 heavy (non-hydrogen) atoms. The van der Waals surface area contributed by atoms with E-state index in [9.17, 15) is 23.1 Å². The molecule has 2 aromatic carbocycles. The van der Waals surface area contributed by atoms with Crippen molar-refractivity contribution in [3.05, 3.63) is 59.0 Å². The fourth-order valence-corrected chi connectivity index (χ4v) is 4.20. The van der Waals surface area contributed by atoms with Crippen molar-refractivity contribution in [2.24, 2.45) is 5.14 Å². The zero-order valence-corrected chi connectivity index (χ0v) is 17.2. The van der Waals surface area contributed by atoms with Crippen molar-refractivity contribution < 1.29 is 23.1 Å². The number of nitrogens with zero attached hydrogens (tertiary/aromatic N) is 1. The number of thioether (sulfide) groups is 1. The van der Waals surface area contributed by atoms with Gasteiger partial charge < -0.3 is 10.4 Å². The summed E-state index contributed by atoms with van der Waals surface area (Å²) < 4.78 is 22.8. The lowest BCUT2D eigenvalue weighted by molar-refractivity contribution is -0.126. The number of anilines is 1. The molecule has 1 saturated heterocycles. The van der Waals surface area contributed by atoms with Crippen molar-refractivity contribution in [2.75, 3.05) is 11.9 Å². The van der Waals surface area contributed by atoms with Crippen LogP contribution in [0.1, 0.15) is 5.56 Å². The summed E-state index contributed by atoms with van der Waals surface area (Å²) in [6, 6.07) is 11.6. The van der Waals surface area contributed by atoms with Gasteiger partial charge in [0.15, 0.2) is 0 Å². The van der Waals surface area contributed by atoms with E-state index in [2.05, 4.69) is 5.32 Å². The fraction of sp³-hybridized carbons (Fsp3) is 0.0556. The van der Waals surface area contributed by atoms with Gasteiger partial charge in [0, 0.05) is 5.69 Å². The van der Waals surface area contributed by atoms with E-state index in [1.807, 2.05) is 0 Å². The van der Waals surface area contributed by atoms with Crippen molar-refractivity contribution in [1.82, 2.24) is 4.90 Å². The van der Waals surface area contributed by atoms with Gasteiger partial charge in [0.25, 0.3) is 5.91 Å². The number of thiocarbonyl (C=S) groups is 1. The molecule has 0 spiro atoms. The highest BCUT2D eigenvalue weighted by molar-refractivity contribution is 8.26. The summed E-state index contributed by atoms with van der Waals surface area (Å²) >= 11 is 6.28. The Labute approximate surface area is 176 Å². The Morgan fingerprint density at radius 3 is 2.38 bits per heavy atom. The molecule has 11 heteroatoms. The average Bonchev–Trinajstić information content (AvgIpc) is 2.91. The number of aromatic hydroxyl groups is 1. The summed E-state index contributed by atoms with van der Waals surface area (Å²) in [5, 5.41) is 16.9. The van der Waals surface area contributed by atoms with Crippen LogP contribution < -0.4 is 10.5 Å². The number of phenols is 1. The second-order valence-electron chi connectivity index (χ2n) is 5.98. The lowest BCUT2D eigenvalue weighted by Crippen LogP contribution is -2.36. The number of carbonyl (C=O) groups excluding carboxylic acids is 2. The van der Waals surface area contributed by atoms with E-state index in [0.29, 0.717) is 16.2 Å². The highest BCUT2D eigenvalue weighted by Gasteiger charge is 2.33. The number of benzene rings is 2. The van der Waals surface area contributed by atoms with Crippen LogP contribution in [0.15, 0.2) is 58.3 Å². The summed E-state index contributed by atoms with van der Waals surface area (Å²) in [5.41, 5.74) is 1.06. The zero-order valence-electron chi connectivity index (χ0n) is 14.7. The highest BCUT2D eigenvalue weighted by Crippen LogP contribution is 2.32. The Balaban J connectivity index is 1.66. The Hall–Kier alpha value is -2.73. The first-order valence-electron chi connectivity index (χ1n) is 8.10. The molecule has 3 rings (SSSR count). The number of hydrogen-bond acceptors (Lipinski definition) is 7. The van der Waals surface area contributed by atoms with Crippen molar-refractivity contribution in [3.63, 3.8) is 0 Å². The maximum absolute atomic E-state index is 12.6. The van der Waals surface area contributed by atoms with Crippen LogP contribution in [0.25, 0.3) is 6.08 Å². The lowest BCUT2D eigenvalue weighted by atomic mass is 10.2. The maximum atomic E-state index is 12.6. The van der Waals surface area contributed by atoms with Gasteiger partial charge in [0.2, 0.25) is 15.9 Å². The van der Waals surface area contributed by atoms with Crippen molar-refractivity contribution in [2.45, 2.75) is 4.90 Å². The standard InChI is InChI=1S/C18H15N3O5S3/c19-29(25,26)14-7-3-12(4-8-14)20-16(23)10-21-17(24)15(28-18(21)27)9-11-1-5-13(22)6-2-11/h1-9,22H,10H2,(H,20,23)(H2,19,25,26)/b15-9-. The van der Waals surface area contributed by atoms with Gasteiger partial charge >= 0.3 is 0 Å². The topological polar surface area (TPSA) is 130 Å². The van der Waals surface area contributed by atoms with Gasteiger partial charge in [0.05, 0.1) is 9.80 Å². The molecule has 0 unspecified atom stereocenters. The first-order valence-corrected chi connectivity index (χ1v) is 10.9. The molecule has 0 saturated carbocycles. The van der Waals surface area contributed by atoms with Crippen LogP contribution in [0, 0.1) is 0 Å². The van der Waals surface area contributed by atoms with Crippen LogP contribution in [0.3, 0.4) is 0 Å². The third-order valence-electron chi connectivity index (χ3n) is 3.83. The third-order valence-corrected chi connectivity index (χ3v) is 6.14. The van der Waals surface area contributed by atoms with Crippen LogP contribution in [0.4, 0.5) is 5.69 Å². The predicted octanol–water partition coefficient (Wildman–Crippen LogP) is 1.88. The number of rotatable bonds is 5. The quantitative estimate of drug-likeness (QED) is 0.469. The zero-order chi connectivity index (χ0) is 21.2. The molecule has 0 bridgehead atoms. The smallest absolute Gasteiger partial charge is 0.266 e. The van der Waals surface area contributed by atoms with Crippen LogP contribution in [0.2, 0.25) is 0 Å². The van der Waals surface area contributed by atoms with E-state index < -0.39 is 21.8 Å². The lowest BCUT2D eigenvalue weighted by Gasteiger charge is -2.14. The minimum atomic E-state index is -3.82. The maximum Gasteiger partial charge on any atom is 0.266 e. The molecule has 150 valence electrons. The number of carbonyl (C=O) groups is 2. The number of amides is 2. The van der Waals surface area contributed by atoms with E-state index in [1.54, 1.807) is 18.2 Å². The fourth-order valence-electron chi connectivity index (χ4n) is 2.43. The molecular formula is C18H15N3O5S3. The molecule has 1 aliphatic rings. The van der Waals surface area contributed by atoms with Gasteiger partial charge in [0.1, 0.15) is 16.6 Å². The molecule has 1 fully saturated rings. The Kier molecular flexibility index (Phi) is 6.03. The molecule has 0 aliphatic carbocycles. The number of primary sulfonamides is 1. The van der Waals surface area contributed by atoms with Gasteiger partial charge in [-0.25, -0.2) is 13.6 Å². The van der Waals surface area contributed by atoms with Crippen molar-refractivity contribution >= 4 is 61.9 Å². The van der Waals surface area contributed by atoms with E-state index in [1.165, 1.54) is 41.3 Å². The largest absolute Gasteiger partial charge is 0.508 e. The highest BCUT2D eigenvalue weighted by atomic mass is 32.2. The first-order chi connectivity index (χ1) is 13.6. The van der Waals surface area contributed by atoms with Crippen LogP contribution in [0.5, 0.6) is 5.75 Å². The minimum Gasteiger partial charge on any atom is -0.508 e. The monoisotopic (exact) mass is 449 g/mol. The number of phenolic OH excluding ortho intramolecular Hbond substituents is 1. The minimum absolute atomic E-state index is 0.0770. The summed E-state index contributed by atoms with van der Waals surface area (Å²) in [4.78, 5) is 26.3. The first kappa shape index (κ1) is 21.0.